The Morgan fingerprint density at radius 1 is 1.06 bits per heavy atom. The molecule has 4 heterocycles. The number of piperidine rings is 1. The standard InChI is InChI=1S/C27H30F2N6O/c28-23-12-18(13-24(29)22(23)17-34-8-10-36-11-9-34)21-2-1-3-25-27(21)33-26(15-31-25)19-14-32-35(16-19)20-4-6-30-7-5-20/h1-3,12-16,20,26,30,33H,4-11,17H2. The van der Waals surface area contributed by atoms with Crippen LogP contribution in [0.1, 0.15) is 36.1 Å². The number of aromatic nitrogens is 2. The van der Waals surface area contributed by atoms with Crippen LogP contribution in [0.3, 0.4) is 0 Å². The first-order valence-electron chi connectivity index (χ1n) is 12.6. The molecule has 2 fully saturated rings. The van der Waals surface area contributed by atoms with Crippen molar-refractivity contribution in [1.29, 1.82) is 0 Å². The number of rotatable bonds is 5. The van der Waals surface area contributed by atoms with Gasteiger partial charge in [0.15, 0.2) is 0 Å². The van der Waals surface area contributed by atoms with Gasteiger partial charge < -0.3 is 15.4 Å². The van der Waals surface area contributed by atoms with E-state index in [-0.39, 0.29) is 18.2 Å². The summed E-state index contributed by atoms with van der Waals surface area (Å²) in [5, 5.41) is 11.5. The number of anilines is 1. The molecule has 9 heteroatoms. The summed E-state index contributed by atoms with van der Waals surface area (Å²) in [5.74, 6) is -1.07. The van der Waals surface area contributed by atoms with Gasteiger partial charge in [0.1, 0.15) is 11.6 Å². The molecule has 0 aliphatic carbocycles. The number of para-hydroxylation sites is 1. The van der Waals surface area contributed by atoms with Gasteiger partial charge in [-0.1, -0.05) is 12.1 Å². The Bertz CT molecular complexity index is 1240. The molecule has 0 bridgehead atoms. The molecule has 1 unspecified atom stereocenters. The topological polar surface area (TPSA) is 66.7 Å². The Labute approximate surface area is 209 Å². The summed E-state index contributed by atoms with van der Waals surface area (Å²) in [6.07, 6.45) is 7.92. The van der Waals surface area contributed by atoms with Crippen molar-refractivity contribution in [2.24, 2.45) is 4.99 Å². The molecule has 7 nitrogen and oxygen atoms in total. The van der Waals surface area contributed by atoms with E-state index in [1.807, 2.05) is 40.2 Å². The number of morpholine rings is 1. The second-order valence-corrected chi connectivity index (χ2v) is 9.64. The number of benzene rings is 2. The molecule has 2 N–H and O–H groups in total. The lowest BCUT2D eigenvalue weighted by Gasteiger charge is -2.27. The third-order valence-corrected chi connectivity index (χ3v) is 7.31. The van der Waals surface area contributed by atoms with Gasteiger partial charge in [0, 0.05) is 48.7 Å². The number of nitrogens with one attached hydrogen (secondary N) is 2. The molecule has 1 aromatic heterocycles. The van der Waals surface area contributed by atoms with Gasteiger partial charge in [0.25, 0.3) is 0 Å². The Morgan fingerprint density at radius 2 is 1.83 bits per heavy atom. The maximum Gasteiger partial charge on any atom is 0.131 e. The first-order chi connectivity index (χ1) is 17.7. The van der Waals surface area contributed by atoms with Crippen LogP contribution in [0.15, 0.2) is 47.7 Å². The summed E-state index contributed by atoms with van der Waals surface area (Å²) in [4.78, 5) is 6.67. The second kappa shape index (κ2) is 10.1. The molecule has 3 aromatic rings. The fourth-order valence-corrected chi connectivity index (χ4v) is 5.23. The smallest absolute Gasteiger partial charge is 0.131 e. The minimum Gasteiger partial charge on any atom is -0.379 e. The summed E-state index contributed by atoms with van der Waals surface area (Å²) in [5.41, 5.74) is 3.82. The van der Waals surface area contributed by atoms with Crippen LogP contribution >= 0.6 is 0 Å². The van der Waals surface area contributed by atoms with E-state index in [2.05, 4.69) is 26.9 Å². The highest BCUT2D eigenvalue weighted by atomic mass is 19.1. The summed E-state index contributed by atoms with van der Waals surface area (Å²) < 4.78 is 37.7. The molecule has 0 radical (unpaired) electrons. The van der Waals surface area contributed by atoms with E-state index >= 15 is 8.78 Å². The summed E-state index contributed by atoms with van der Waals surface area (Å²) in [6.45, 7) is 4.74. The molecule has 2 saturated heterocycles. The zero-order chi connectivity index (χ0) is 24.5. The lowest BCUT2D eigenvalue weighted by atomic mass is 9.98. The van der Waals surface area contributed by atoms with Crippen molar-refractivity contribution in [3.8, 4) is 11.1 Å². The second-order valence-electron chi connectivity index (χ2n) is 9.64. The summed E-state index contributed by atoms with van der Waals surface area (Å²) in [7, 11) is 0. The number of hydrogen-bond acceptors (Lipinski definition) is 6. The van der Waals surface area contributed by atoms with Crippen LogP contribution in [0.5, 0.6) is 0 Å². The highest BCUT2D eigenvalue weighted by Crippen LogP contribution is 2.41. The molecule has 6 rings (SSSR count). The fraction of sp³-hybridized carbons (Fsp3) is 0.407. The largest absolute Gasteiger partial charge is 0.379 e. The van der Waals surface area contributed by atoms with Gasteiger partial charge in [-0.2, -0.15) is 5.10 Å². The number of fused-ring (bicyclic) bond motifs is 1. The molecule has 0 amide bonds. The summed E-state index contributed by atoms with van der Waals surface area (Å²) in [6, 6.07) is 8.71. The van der Waals surface area contributed by atoms with E-state index in [4.69, 9.17) is 4.74 Å². The van der Waals surface area contributed by atoms with Gasteiger partial charge in [-0.15, -0.1) is 0 Å². The van der Waals surface area contributed by atoms with E-state index in [1.54, 1.807) is 0 Å². The SMILES string of the molecule is Fc1cc(-c2cccc3c2NC(c2cnn(C4CCNCC4)c2)C=N3)cc(F)c1CN1CCOCC1. The number of aliphatic imine (C=N–C) groups is 1. The number of hydrogen-bond donors (Lipinski definition) is 2. The highest BCUT2D eigenvalue weighted by molar-refractivity contribution is 5.93. The van der Waals surface area contributed by atoms with Gasteiger partial charge in [-0.05, 0) is 49.7 Å². The third kappa shape index (κ3) is 4.66. The van der Waals surface area contributed by atoms with E-state index in [1.165, 1.54) is 12.1 Å². The summed E-state index contributed by atoms with van der Waals surface area (Å²) >= 11 is 0. The van der Waals surface area contributed by atoms with Crippen LogP contribution in [0.2, 0.25) is 0 Å². The van der Waals surface area contributed by atoms with Crippen molar-refractivity contribution < 1.29 is 13.5 Å². The van der Waals surface area contributed by atoms with Gasteiger partial charge in [-0.25, -0.2) is 8.78 Å². The van der Waals surface area contributed by atoms with Gasteiger partial charge in [0.05, 0.1) is 42.9 Å². The van der Waals surface area contributed by atoms with Crippen molar-refractivity contribution >= 4 is 17.6 Å². The molecular formula is C27H30F2N6O. The van der Waals surface area contributed by atoms with Crippen molar-refractivity contribution in [2.45, 2.75) is 31.5 Å². The third-order valence-electron chi connectivity index (χ3n) is 7.31. The van der Waals surface area contributed by atoms with Gasteiger partial charge in [-0.3, -0.25) is 14.6 Å². The van der Waals surface area contributed by atoms with Crippen LogP contribution in [-0.2, 0) is 11.3 Å². The predicted octanol–water partition coefficient (Wildman–Crippen LogP) is 4.45. The van der Waals surface area contributed by atoms with Gasteiger partial charge >= 0.3 is 0 Å². The Balaban J connectivity index is 1.26. The Kier molecular flexibility index (Phi) is 6.52. The predicted molar refractivity (Wildman–Crippen MR) is 136 cm³/mol. The average molecular weight is 493 g/mol. The quantitative estimate of drug-likeness (QED) is 0.551. The van der Waals surface area contributed by atoms with Crippen LogP contribution < -0.4 is 10.6 Å². The van der Waals surface area contributed by atoms with E-state index in [0.717, 1.165) is 48.4 Å². The number of nitrogens with zero attached hydrogens (tertiary/aromatic N) is 4. The molecule has 36 heavy (non-hydrogen) atoms. The minimum absolute atomic E-state index is 0.0969. The van der Waals surface area contributed by atoms with E-state index < -0.39 is 11.6 Å². The molecule has 0 saturated carbocycles. The average Bonchev–Trinajstić information content (AvgIpc) is 3.42. The van der Waals surface area contributed by atoms with E-state index in [0.29, 0.717) is 37.9 Å². The van der Waals surface area contributed by atoms with Crippen LogP contribution in [-0.4, -0.2) is 60.3 Å². The number of ether oxygens (including phenoxy) is 1. The minimum atomic E-state index is -0.534. The maximum absolute atomic E-state index is 15.1. The Morgan fingerprint density at radius 3 is 2.61 bits per heavy atom. The van der Waals surface area contributed by atoms with Crippen molar-refractivity contribution in [3.63, 3.8) is 0 Å². The van der Waals surface area contributed by atoms with Gasteiger partial charge in [0.2, 0.25) is 0 Å². The zero-order valence-electron chi connectivity index (χ0n) is 20.1. The normalized spacial score (nSPS) is 20.8. The molecule has 2 aromatic carbocycles. The maximum atomic E-state index is 15.1. The van der Waals surface area contributed by atoms with Crippen molar-refractivity contribution in [3.05, 3.63) is 65.5 Å². The number of halogens is 2. The molecule has 1 atom stereocenters. The van der Waals surface area contributed by atoms with Crippen molar-refractivity contribution in [1.82, 2.24) is 20.0 Å². The van der Waals surface area contributed by atoms with Crippen LogP contribution in [0.4, 0.5) is 20.2 Å². The first-order valence-corrected chi connectivity index (χ1v) is 12.6. The first kappa shape index (κ1) is 23.3. The monoisotopic (exact) mass is 492 g/mol. The highest BCUT2D eigenvalue weighted by Gasteiger charge is 2.24. The molecular weight excluding hydrogens is 462 g/mol. The molecule has 0 spiro atoms. The van der Waals surface area contributed by atoms with E-state index in [9.17, 15) is 0 Å². The molecule has 3 aliphatic heterocycles. The Hall–Kier alpha value is -3.14. The molecule has 3 aliphatic rings. The zero-order valence-corrected chi connectivity index (χ0v) is 20.1. The van der Waals surface area contributed by atoms with Crippen molar-refractivity contribution in [2.75, 3.05) is 44.7 Å². The lowest BCUT2D eigenvalue weighted by Crippen LogP contribution is -2.36. The molecule has 188 valence electrons. The van der Waals surface area contributed by atoms with Crippen LogP contribution in [0, 0.1) is 11.6 Å². The van der Waals surface area contributed by atoms with Crippen LogP contribution in [0.25, 0.3) is 11.1 Å². The fourth-order valence-electron chi connectivity index (χ4n) is 5.23. The lowest BCUT2D eigenvalue weighted by molar-refractivity contribution is 0.0332.